The number of pyridine rings is 1. The van der Waals surface area contributed by atoms with E-state index in [1.165, 1.54) is 12.1 Å². The summed E-state index contributed by atoms with van der Waals surface area (Å²) in [6, 6.07) is 7.36. The zero-order chi connectivity index (χ0) is 13.1. The summed E-state index contributed by atoms with van der Waals surface area (Å²) in [7, 11) is 0. The van der Waals surface area contributed by atoms with Crippen molar-refractivity contribution in [2.24, 2.45) is 0 Å². The lowest BCUT2D eigenvalue weighted by Gasteiger charge is -2.06. The largest absolute Gasteiger partial charge is 0.436 e. The molecule has 0 bridgehead atoms. The predicted molar refractivity (Wildman–Crippen MR) is 60.4 cm³/mol. The molecule has 1 heterocycles. The van der Waals surface area contributed by atoms with Crippen molar-refractivity contribution < 1.29 is 13.5 Å². The highest BCUT2D eigenvalue weighted by atomic mass is 35.5. The molecular weight excluding hydrogens is 262 g/mol. The minimum atomic E-state index is -0.865. The molecule has 1 aromatic heterocycles. The first kappa shape index (κ1) is 12.3. The standard InChI is InChI=1S/C12H5ClF2N2O/c13-11-3-7(6-16)4-12(17-11)18-10-2-1-8(14)5-9(10)15/h1-5H. The van der Waals surface area contributed by atoms with Crippen molar-refractivity contribution in [1.82, 2.24) is 4.98 Å². The molecule has 1 aromatic carbocycles. The van der Waals surface area contributed by atoms with Crippen LogP contribution in [0.2, 0.25) is 5.15 Å². The molecule has 0 saturated carbocycles. The van der Waals surface area contributed by atoms with Crippen LogP contribution in [-0.2, 0) is 0 Å². The molecular formula is C12H5ClF2N2O. The van der Waals surface area contributed by atoms with Gasteiger partial charge in [-0.15, -0.1) is 0 Å². The summed E-state index contributed by atoms with van der Waals surface area (Å²) in [5, 5.41) is 8.78. The van der Waals surface area contributed by atoms with Crippen LogP contribution in [0.4, 0.5) is 8.78 Å². The third kappa shape index (κ3) is 2.73. The Morgan fingerprint density at radius 3 is 2.67 bits per heavy atom. The van der Waals surface area contributed by atoms with Gasteiger partial charge in [0.05, 0.1) is 11.6 Å². The van der Waals surface area contributed by atoms with Crippen LogP contribution >= 0.6 is 11.6 Å². The minimum absolute atomic E-state index is 0.0374. The normalized spacial score (nSPS) is 9.89. The highest BCUT2D eigenvalue weighted by molar-refractivity contribution is 6.29. The number of aromatic nitrogens is 1. The lowest BCUT2D eigenvalue weighted by molar-refractivity contribution is 0.423. The highest BCUT2D eigenvalue weighted by Gasteiger charge is 2.08. The predicted octanol–water partition coefficient (Wildman–Crippen LogP) is 3.68. The Labute approximate surface area is 106 Å². The van der Waals surface area contributed by atoms with Gasteiger partial charge in [-0.1, -0.05) is 11.6 Å². The number of hydrogen-bond acceptors (Lipinski definition) is 3. The molecule has 0 aliphatic heterocycles. The lowest BCUT2D eigenvalue weighted by atomic mass is 10.3. The highest BCUT2D eigenvalue weighted by Crippen LogP contribution is 2.25. The molecule has 3 nitrogen and oxygen atoms in total. The quantitative estimate of drug-likeness (QED) is 0.779. The Hall–Kier alpha value is -2.19. The summed E-state index contributed by atoms with van der Waals surface area (Å²) in [6.07, 6.45) is 0. The van der Waals surface area contributed by atoms with Crippen molar-refractivity contribution in [2.45, 2.75) is 0 Å². The molecule has 0 unspecified atom stereocenters. The number of ether oxygens (including phenoxy) is 1. The fraction of sp³-hybridized carbons (Fsp3) is 0. The second-order valence-corrected chi connectivity index (χ2v) is 3.69. The van der Waals surface area contributed by atoms with Gasteiger partial charge in [0.1, 0.15) is 11.0 Å². The summed E-state index contributed by atoms with van der Waals surface area (Å²) < 4.78 is 31.1. The summed E-state index contributed by atoms with van der Waals surface area (Å²) in [4.78, 5) is 3.77. The molecule has 0 spiro atoms. The molecule has 18 heavy (non-hydrogen) atoms. The lowest BCUT2D eigenvalue weighted by Crippen LogP contribution is -1.93. The number of halogens is 3. The smallest absolute Gasteiger partial charge is 0.222 e. The zero-order valence-corrected chi connectivity index (χ0v) is 9.58. The fourth-order valence-electron chi connectivity index (χ4n) is 1.26. The summed E-state index contributed by atoms with van der Waals surface area (Å²) >= 11 is 5.66. The monoisotopic (exact) mass is 266 g/mol. The summed E-state index contributed by atoms with van der Waals surface area (Å²) in [6.45, 7) is 0. The van der Waals surface area contributed by atoms with Crippen molar-refractivity contribution in [3.8, 4) is 17.7 Å². The van der Waals surface area contributed by atoms with Crippen LogP contribution in [0.3, 0.4) is 0 Å². The van der Waals surface area contributed by atoms with Gasteiger partial charge in [-0.25, -0.2) is 13.8 Å². The van der Waals surface area contributed by atoms with Crippen molar-refractivity contribution in [3.63, 3.8) is 0 Å². The van der Waals surface area contributed by atoms with E-state index < -0.39 is 11.6 Å². The summed E-state index contributed by atoms with van der Waals surface area (Å²) in [5.74, 6) is -1.81. The van der Waals surface area contributed by atoms with Crippen molar-refractivity contribution >= 4 is 11.6 Å². The molecule has 0 saturated heterocycles. The Morgan fingerprint density at radius 1 is 1.22 bits per heavy atom. The number of nitriles is 1. The van der Waals surface area contributed by atoms with E-state index in [1.54, 1.807) is 0 Å². The molecule has 6 heteroatoms. The molecule has 2 rings (SSSR count). The van der Waals surface area contributed by atoms with Crippen LogP contribution in [0.5, 0.6) is 11.6 Å². The van der Waals surface area contributed by atoms with Gasteiger partial charge in [-0.3, -0.25) is 0 Å². The molecule has 0 amide bonds. The van der Waals surface area contributed by atoms with Gasteiger partial charge in [0.25, 0.3) is 0 Å². The molecule has 2 aromatic rings. The van der Waals surface area contributed by atoms with E-state index in [4.69, 9.17) is 21.6 Å². The van der Waals surface area contributed by atoms with Crippen LogP contribution in [0, 0.1) is 23.0 Å². The maximum Gasteiger partial charge on any atom is 0.222 e. The van der Waals surface area contributed by atoms with E-state index in [9.17, 15) is 8.78 Å². The number of hydrogen-bond donors (Lipinski definition) is 0. The average Bonchev–Trinajstić information content (AvgIpc) is 2.32. The second-order valence-electron chi connectivity index (χ2n) is 3.31. The van der Waals surface area contributed by atoms with Crippen molar-refractivity contribution in [1.29, 1.82) is 5.26 Å². The first-order valence-corrected chi connectivity index (χ1v) is 5.17. The van der Waals surface area contributed by atoms with E-state index in [-0.39, 0.29) is 22.3 Å². The van der Waals surface area contributed by atoms with Gasteiger partial charge in [0.2, 0.25) is 5.88 Å². The van der Waals surface area contributed by atoms with E-state index >= 15 is 0 Å². The topological polar surface area (TPSA) is 45.9 Å². The Morgan fingerprint density at radius 2 is 2.00 bits per heavy atom. The molecule has 0 aliphatic carbocycles. The van der Waals surface area contributed by atoms with Crippen molar-refractivity contribution in [3.05, 3.63) is 52.7 Å². The van der Waals surface area contributed by atoms with Crippen LogP contribution in [0.1, 0.15) is 5.56 Å². The van der Waals surface area contributed by atoms with E-state index in [1.807, 2.05) is 6.07 Å². The van der Waals surface area contributed by atoms with Crippen LogP contribution in [0.15, 0.2) is 30.3 Å². The molecule has 0 aliphatic rings. The average molecular weight is 267 g/mol. The maximum atomic E-state index is 13.3. The molecule has 0 fully saturated rings. The van der Waals surface area contributed by atoms with Gasteiger partial charge < -0.3 is 4.74 Å². The first-order chi connectivity index (χ1) is 8.58. The van der Waals surface area contributed by atoms with E-state index in [0.29, 0.717) is 6.07 Å². The van der Waals surface area contributed by atoms with Gasteiger partial charge >= 0.3 is 0 Å². The minimum Gasteiger partial charge on any atom is -0.436 e. The molecule has 0 N–H and O–H groups in total. The number of nitrogens with zero attached hydrogens (tertiary/aromatic N) is 2. The van der Waals surface area contributed by atoms with Gasteiger partial charge in [-0.2, -0.15) is 5.26 Å². The van der Waals surface area contributed by atoms with E-state index in [0.717, 1.165) is 12.1 Å². The molecule has 0 atom stereocenters. The Kier molecular flexibility index (Phi) is 3.40. The summed E-state index contributed by atoms with van der Waals surface area (Å²) in [5.41, 5.74) is 0.229. The van der Waals surface area contributed by atoms with E-state index in [2.05, 4.69) is 4.98 Å². The number of rotatable bonds is 2. The third-order valence-electron chi connectivity index (χ3n) is 2.01. The first-order valence-electron chi connectivity index (χ1n) is 4.79. The van der Waals surface area contributed by atoms with Crippen molar-refractivity contribution in [2.75, 3.05) is 0 Å². The number of benzene rings is 1. The van der Waals surface area contributed by atoms with Gasteiger partial charge in [0, 0.05) is 12.1 Å². The van der Waals surface area contributed by atoms with Crippen LogP contribution < -0.4 is 4.74 Å². The third-order valence-corrected chi connectivity index (χ3v) is 2.20. The molecule has 0 radical (unpaired) electrons. The van der Waals surface area contributed by atoms with Gasteiger partial charge in [0.15, 0.2) is 11.6 Å². The van der Waals surface area contributed by atoms with Crippen LogP contribution in [0.25, 0.3) is 0 Å². The maximum absolute atomic E-state index is 13.3. The Balaban J connectivity index is 2.34. The zero-order valence-electron chi connectivity index (χ0n) is 8.82. The molecule has 90 valence electrons. The second kappa shape index (κ2) is 4.98. The fourth-order valence-corrected chi connectivity index (χ4v) is 1.46. The van der Waals surface area contributed by atoms with Gasteiger partial charge in [-0.05, 0) is 18.2 Å². The Bertz CT molecular complexity index is 640. The SMILES string of the molecule is N#Cc1cc(Cl)nc(Oc2ccc(F)cc2F)c1. The van der Waals surface area contributed by atoms with Crippen LogP contribution in [-0.4, -0.2) is 4.98 Å².